The molecule has 0 fully saturated rings. The van der Waals surface area contributed by atoms with Crippen molar-refractivity contribution >= 4 is 15.9 Å². The summed E-state index contributed by atoms with van der Waals surface area (Å²) in [6, 6.07) is 2.19. The van der Waals surface area contributed by atoms with Crippen LogP contribution < -0.4 is 0 Å². The fourth-order valence-corrected chi connectivity index (χ4v) is 2.16. The summed E-state index contributed by atoms with van der Waals surface area (Å²) in [7, 11) is 4.15. The van der Waals surface area contributed by atoms with Crippen LogP contribution in [0.5, 0.6) is 0 Å². The Bertz CT molecular complexity index is 307. The molecule has 1 rings (SSSR count). The minimum absolute atomic E-state index is 0.529. The molecule has 1 heterocycles. The van der Waals surface area contributed by atoms with Crippen LogP contribution >= 0.6 is 15.9 Å². The molecule has 0 radical (unpaired) electrons. The minimum atomic E-state index is 0.529. The van der Waals surface area contributed by atoms with Gasteiger partial charge in [0.05, 0.1) is 11.4 Å². The van der Waals surface area contributed by atoms with E-state index in [1.165, 1.54) is 11.4 Å². The van der Waals surface area contributed by atoms with Crippen molar-refractivity contribution in [1.29, 1.82) is 0 Å². The normalized spacial score (nSPS) is 13.5. The van der Waals surface area contributed by atoms with Crippen molar-refractivity contribution in [3.8, 4) is 0 Å². The van der Waals surface area contributed by atoms with Crippen LogP contribution in [0.1, 0.15) is 25.2 Å². The lowest BCUT2D eigenvalue weighted by molar-refractivity contribution is 0.323. The second-order valence-corrected chi connectivity index (χ2v) is 5.64. The fourth-order valence-electron chi connectivity index (χ4n) is 1.66. The molecule has 0 aliphatic carbocycles. The number of aromatic nitrogens is 2. The van der Waals surface area contributed by atoms with E-state index >= 15 is 0 Å². The zero-order chi connectivity index (χ0) is 11.4. The largest absolute Gasteiger partial charge is 0.299 e. The molecule has 0 spiro atoms. The molecule has 0 N–H and O–H groups in total. The third-order valence-corrected chi connectivity index (χ3v) is 2.67. The van der Waals surface area contributed by atoms with Gasteiger partial charge in [-0.3, -0.25) is 9.58 Å². The first-order valence-electron chi connectivity index (χ1n) is 5.37. The topological polar surface area (TPSA) is 21.1 Å². The number of alkyl halides is 1. The van der Waals surface area contributed by atoms with Crippen molar-refractivity contribution in [2.24, 2.45) is 7.05 Å². The number of hydrogen-bond acceptors (Lipinski definition) is 2. The van der Waals surface area contributed by atoms with Gasteiger partial charge in [-0.1, -0.05) is 29.8 Å². The molecular weight excluding hydrogens is 254 g/mol. The van der Waals surface area contributed by atoms with Crippen LogP contribution in [0.15, 0.2) is 6.07 Å². The van der Waals surface area contributed by atoms with Gasteiger partial charge in [-0.05, 0) is 19.5 Å². The highest BCUT2D eigenvalue weighted by molar-refractivity contribution is 9.09. The molecule has 15 heavy (non-hydrogen) atoms. The molecule has 1 unspecified atom stereocenters. The summed E-state index contributed by atoms with van der Waals surface area (Å²) in [4.78, 5) is 2.83. The van der Waals surface area contributed by atoms with E-state index in [2.05, 4.69) is 52.9 Å². The summed E-state index contributed by atoms with van der Waals surface area (Å²) < 4.78 is 1.98. The SMILES string of the molecule is CCc1cc(CN(C)CC(C)Br)n(C)n1. The Morgan fingerprint density at radius 2 is 2.27 bits per heavy atom. The van der Waals surface area contributed by atoms with Crippen LogP contribution in [0.4, 0.5) is 0 Å². The van der Waals surface area contributed by atoms with Gasteiger partial charge in [-0.2, -0.15) is 5.10 Å². The van der Waals surface area contributed by atoms with E-state index in [0.717, 1.165) is 19.5 Å². The summed E-state index contributed by atoms with van der Waals surface area (Å²) in [5.74, 6) is 0. The maximum atomic E-state index is 4.44. The molecule has 0 aliphatic rings. The van der Waals surface area contributed by atoms with Crippen LogP contribution in [0.3, 0.4) is 0 Å². The van der Waals surface area contributed by atoms with Gasteiger partial charge < -0.3 is 0 Å². The molecule has 0 aliphatic heterocycles. The van der Waals surface area contributed by atoms with Crippen molar-refractivity contribution in [3.63, 3.8) is 0 Å². The summed E-state index contributed by atoms with van der Waals surface area (Å²) >= 11 is 3.56. The number of halogens is 1. The van der Waals surface area contributed by atoms with E-state index in [1.807, 2.05) is 11.7 Å². The van der Waals surface area contributed by atoms with Crippen LogP contribution in [0, 0.1) is 0 Å². The molecular formula is C11H20BrN3. The first-order chi connectivity index (χ1) is 7.02. The monoisotopic (exact) mass is 273 g/mol. The summed E-state index contributed by atoms with van der Waals surface area (Å²) in [6.45, 7) is 6.31. The predicted molar refractivity (Wildman–Crippen MR) is 67.3 cm³/mol. The van der Waals surface area contributed by atoms with Gasteiger partial charge in [-0.25, -0.2) is 0 Å². The molecule has 0 saturated carbocycles. The zero-order valence-corrected chi connectivity index (χ0v) is 11.6. The van der Waals surface area contributed by atoms with E-state index in [-0.39, 0.29) is 0 Å². The first kappa shape index (κ1) is 12.7. The smallest absolute Gasteiger partial charge is 0.0625 e. The van der Waals surface area contributed by atoms with Gasteiger partial charge in [0.1, 0.15) is 0 Å². The van der Waals surface area contributed by atoms with Crippen molar-refractivity contribution in [2.45, 2.75) is 31.6 Å². The van der Waals surface area contributed by atoms with Gasteiger partial charge in [0.15, 0.2) is 0 Å². The average Bonchev–Trinajstić information content (AvgIpc) is 2.46. The highest BCUT2D eigenvalue weighted by Gasteiger charge is 2.08. The average molecular weight is 274 g/mol. The van der Waals surface area contributed by atoms with Gasteiger partial charge in [0.25, 0.3) is 0 Å². The lowest BCUT2D eigenvalue weighted by Crippen LogP contribution is -2.25. The second kappa shape index (κ2) is 5.66. The Morgan fingerprint density at radius 3 is 2.73 bits per heavy atom. The van der Waals surface area contributed by atoms with Crippen LogP contribution in [0.2, 0.25) is 0 Å². The van der Waals surface area contributed by atoms with Crippen LogP contribution in [-0.4, -0.2) is 33.1 Å². The van der Waals surface area contributed by atoms with Crippen LogP contribution in [-0.2, 0) is 20.0 Å². The van der Waals surface area contributed by atoms with E-state index in [1.54, 1.807) is 0 Å². The molecule has 0 aromatic carbocycles. The number of hydrogen-bond donors (Lipinski definition) is 0. The molecule has 1 aromatic heterocycles. The van der Waals surface area contributed by atoms with E-state index in [0.29, 0.717) is 4.83 Å². The lowest BCUT2D eigenvalue weighted by atomic mass is 10.3. The molecule has 3 nitrogen and oxygen atoms in total. The third-order valence-electron chi connectivity index (χ3n) is 2.38. The standard InChI is InChI=1S/C11H20BrN3/c1-5-10-6-11(15(4)13-10)8-14(3)7-9(2)12/h6,9H,5,7-8H2,1-4H3. The van der Waals surface area contributed by atoms with Crippen LogP contribution in [0.25, 0.3) is 0 Å². The summed E-state index contributed by atoms with van der Waals surface area (Å²) in [5.41, 5.74) is 2.45. The second-order valence-electron chi connectivity index (χ2n) is 4.08. The molecule has 1 atom stereocenters. The molecule has 4 heteroatoms. The Labute approximate surface area is 101 Å². The number of rotatable bonds is 5. The molecule has 1 aromatic rings. The van der Waals surface area contributed by atoms with Gasteiger partial charge in [-0.15, -0.1) is 0 Å². The number of aryl methyl sites for hydroxylation is 2. The van der Waals surface area contributed by atoms with E-state index < -0.39 is 0 Å². The van der Waals surface area contributed by atoms with Gasteiger partial charge >= 0.3 is 0 Å². The maximum absolute atomic E-state index is 4.44. The Balaban J connectivity index is 2.59. The quantitative estimate of drug-likeness (QED) is 0.767. The Kier molecular flexibility index (Phi) is 4.80. The summed E-state index contributed by atoms with van der Waals surface area (Å²) in [6.07, 6.45) is 1.01. The lowest BCUT2D eigenvalue weighted by Gasteiger charge is -2.17. The minimum Gasteiger partial charge on any atom is -0.299 e. The van der Waals surface area contributed by atoms with Crippen molar-refractivity contribution in [1.82, 2.24) is 14.7 Å². The Hall–Kier alpha value is -0.350. The highest BCUT2D eigenvalue weighted by atomic mass is 79.9. The fraction of sp³-hybridized carbons (Fsp3) is 0.727. The summed E-state index contributed by atoms with van der Waals surface area (Å²) in [5, 5.41) is 4.44. The molecule has 86 valence electrons. The van der Waals surface area contributed by atoms with Crippen molar-refractivity contribution < 1.29 is 0 Å². The van der Waals surface area contributed by atoms with Crippen molar-refractivity contribution in [2.75, 3.05) is 13.6 Å². The van der Waals surface area contributed by atoms with Gasteiger partial charge in [0.2, 0.25) is 0 Å². The maximum Gasteiger partial charge on any atom is 0.0625 e. The number of nitrogens with zero attached hydrogens (tertiary/aromatic N) is 3. The third kappa shape index (κ3) is 3.95. The van der Waals surface area contributed by atoms with Crippen molar-refractivity contribution in [3.05, 3.63) is 17.5 Å². The zero-order valence-electron chi connectivity index (χ0n) is 10.00. The molecule has 0 bridgehead atoms. The van der Waals surface area contributed by atoms with E-state index in [4.69, 9.17) is 0 Å². The molecule has 0 saturated heterocycles. The Morgan fingerprint density at radius 1 is 1.60 bits per heavy atom. The predicted octanol–water partition coefficient (Wildman–Crippen LogP) is 2.20. The first-order valence-corrected chi connectivity index (χ1v) is 6.29. The van der Waals surface area contributed by atoms with Gasteiger partial charge in [0, 0.05) is 25.0 Å². The highest BCUT2D eigenvalue weighted by Crippen LogP contribution is 2.08. The van der Waals surface area contributed by atoms with E-state index in [9.17, 15) is 0 Å². The molecule has 0 amide bonds.